The molecule has 0 aromatic heterocycles. The number of benzene rings is 2. The highest BCUT2D eigenvalue weighted by Gasteiger charge is 2.21. The average molecular weight is 289 g/mol. The minimum absolute atomic E-state index is 0.532. The van der Waals surface area contributed by atoms with E-state index < -0.39 is 0 Å². The Bertz CT molecular complexity index is 717. The van der Waals surface area contributed by atoms with Crippen LogP contribution in [0.2, 0.25) is 0 Å². The molecule has 0 bridgehead atoms. The van der Waals surface area contributed by atoms with E-state index in [0.717, 1.165) is 12.8 Å². The van der Waals surface area contributed by atoms with Crippen molar-refractivity contribution in [1.29, 1.82) is 0 Å². The Kier molecular flexibility index (Phi) is 4.20. The first-order chi connectivity index (χ1) is 10.7. The predicted molar refractivity (Wildman–Crippen MR) is 97.0 cm³/mol. The van der Waals surface area contributed by atoms with Crippen LogP contribution in [0.3, 0.4) is 0 Å². The van der Waals surface area contributed by atoms with Crippen LogP contribution in [0.25, 0.3) is 17.2 Å². The van der Waals surface area contributed by atoms with Crippen LogP contribution in [0.1, 0.15) is 62.3 Å². The lowest BCUT2D eigenvalue weighted by molar-refractivity contribution is 0.868. The van der Waals surface area contributed by atoms with Crippen LogP contribution in [0, 0.1) is 6.42 Å². The summed E-state index contributed by atoms with van der Waals surface area (Å²) in [6.07, 6.45) is 6.91. The third-order valence-corrected chi connectivity index (χ3v) is 4.68. The molecule has 0 fully saturated rings. The molecule has 0 N–H and O–H groups in total. The van der Waals surface area contributed by atoms with Gasteiger partial charge in [0.15, 0.2) is 0 Å². The van der Waals surface area contributed by atoms with Gasteiger partial charge in [0.1, 0.15) is 0 Å². The maximum absolute atomic E-state index is 2.39. The highest BCUT2D eigenvalue weighted by Crippen LogP contribution is 2.41. The van der Waals surface area contributed by atoms with E-state index in [1.807, 2.05) is 0 Å². The Morgan fingerprint density at radius 3 is 2.36 bits per heavy atom. The normalized spacial score (nSPS) is 13.4. The van der Waals surface area contributed by atoms with Crippen LogP contribution in [-0.4, -0.2) is 0 Å². The summed E-state index contributed by atoms with van der Waals surface area (Å²) in [7, 11) is 0. The van der Waals surface area contributed by atoms with Gasteiger partial charge in [-0.25, -0.2) is 0 Å². The molecule has 1 aliphatic rings. The molecule has 0 nitrogen and oxygen atoms in total. The third-order valence-electron chi connectivity index (χ3n) is 4.68. The van der Waals surface area contributed by atoms with Gasteiger partial charge >= 0.3 is 0 Å². The number of hydrogen-bond donors (Lipinski definition) is 0. The van der Waals surface area contributed by atoms with Crippen molar-refractivity contribution >= 4 is 6.08 Å². The van der Waals surface area contributed by atoms with Gasteiger partial charge in [-0.1, -0.05) is 75.7 Å². The van der Waals surface area contributed by atoms with Crippen molar-refractivity contribution in [2.45, 2.75) is 46.5 Å². The number of hydrogen-bond acceptors (Lipinski definition) is 0. The van der Waals surface area contributed by atoms with E-state index in [-0.39, 0.29) is 0 Å². The molecule has 1 radical (unpaired) electrons. The van der Waals surface area contributed by atoms with E-state index in [9.17, 15) is 0 Å². The topological polar surface area (TPSA) is 0 Å². The summed E-state index contributed by atoms with van der Waals surface area (Å²) in [5.41, 5.74) is 9.99. The molecule has 2 aromatic carbocycles. The largest absolute Gasteiger partial charge is 0.0620 e. The number of allylic oxidation sites excluding steroid dienone is 1. The molecule has 2 aromatic rings. The fourth-order valence-electron chi connectivity index (χ4n) is 3.42. The lowest BCUT2D eigenvalue weighted by Crippen LogP contribution is -1.99. The first-order valence-electron chi connectivity index (χ1n) is 8.46. The van der Waals surface area contributed by atoms with E-state index in [1.54, 1.807) is 0 Å². The molecular formula is C22H25. The fourth-order valence-corrected chi connectivity index (χ4v) is 3.42. The van der Waals surface area contributed by atoms with E-state index in [0.29, 0.717) is 5.92 Å². The molecular weight excluding hydrogens is 264 g/mol. The van der Waals surface area contributed by atoms with E-state index >= 15 is 0 Å². The zero-order valence-electron chi connectivity index (χ0n) is 14.1. The second kappa shape index (κ2) is 6.12. The number of aryl methyl sites for hydroxylation is 1. The van der Waals surface area contributed by atoms with Crippen LogP contribution < -0.4 is 0 Å². The van der Waals surface area contributed by atoms with Gasteiger partial charge in [0.05, 0.1) is 0 Å². The molecule has 0 heteroatoms. The van der Waals surface area contributed by atoms with Gasteiger partial charge in [-0.3, -0.25) is 0 Å². The zero-order chi connectivity index (χ0) is 15.7. The van der Waals surface area contributed by atoms with Crippen molar-refractivity contribution in [3.8, 4) is 11.1 Å². The van der Waals surface area contributed by atoms with Crippen molar-refractivity contribution in [3.63, 3.8) is 0 Å². The highest BCUT2D eigenvalue weighted by atomic mass is 14.2. The van der Waals surface area contributed by atoms with Crippen molar-refractivity contribution in [2.24, 2.45) is 0 Å². The summed E-state index contributed by atoms with van der Waals surface area (Å²) in [5, 5.41) is 0. The molecule has 0 aliphatic heterocycles. The molecule has 0 amide bonds. The average Bonchev–Trinajstić information content (AvgIpc) is 2.97. The third kappa shape index (κ3) is 2.52. The summed E-state index contributed by atoms with van der Waals surface area (Å²) in [6.45, 7) is 9.07. The number of fused-ring (bicyclic) bond motifs is 1. The predicted octanol–water partition coefficient (Wildman–Crippen LogP) is 6.40. The van der Waals surface area contributed by atoms with Gasteiger partial charge in [-0.2, -0.15) is 0 Å². The van der Waals surface area contributed by atoms with Gasteiger partial charge in [0.25, 0.3) is 0 Å². The summed E-state index contributed by atoms with van der Waals surface area (Å²) >= 11 is 0. The lowest BCUT2D eigenvalue weighted by Gasteiger charge is -2.19. The molecule has 3 rings (SSSR count). The zero-order valence-corrected chi connectivity index (χ0v) is 14.1. The van der Waals surface area contributed by atoms with Gasteiger partial charge in [0, 0.05) is 6.42 Å². The molecule has 0 unspecified atom stereocenters. The first-order valence-corrected chi connectivity index (χ1v) is 8.46. The van der Waals surface area contributed by atoms with Gasteiger partial charge < -0.3 is 0 Å². The standard InChI is InChI=1S/C22H25/c1-5-16-13-18-11-12-19(15(3)4)22(21(18)14-16)20-10-8-7-9-17(20)6-2/h7-15H,5-6H2,1-4H3. The fraction of sp³-hybridized carbons (Fsp3) is 0.318. The number of rotatable bonds is 4. The van der Waals surface area contributed by atoms with Crippen molar-refractivity contribution in [1.82, 2.24) is 0 Å². The molecule has 22 heavy (non-hydrogen) atoms. The van der Waals surface area contributed by atoms with Crippen molar-refractivity contribution in [3.05, 3.63) is 70.6 Å². The Morgan fingerprint density at radius 2 is 1.68 bits per heavy atom. The van der Waals surface area contributed by atoms with Gasteiger partial charge in [0.2, 0.25) is 0 Å². The molecule has 0 saturated heterocycles. The van der Waals surface area contributed by atoms with E-state index in [4.69, 9.17) is 0 Å². The molecule has 0 saturated carbocycles. The van der Waals surface area contributed by atoms with Crippen molar-refractivity contribution < 1.29 is 0 Å². The Labute approximate surface area is 134 Å². The Hall–Kier alpha value is -1.82. The Morgan fingerprint density at radius 1 is 0.909 bits per heavy atom. The van der Waals surface area contributed by atoms with Crippen LogP contribution in [0.5, 0.6) is 0 Å². The minimum Gasteiger partial charge on any atom is -0.0620 e. The minimum atomic E-state index is 0.532. The van der Waals surface area contributed by atoms with Gasteiger partial charge in [-0.15, -0.1) is 0 Å². The van der Waals surface area contributed by atoms with Crippen molar-refractivity contribution in [2.75, 3.05) is 0 Å². The quantitative estimate of drug-likeness (QED) is 0.611. The summed E-state index contributed by atoms with van der Waals surface area (Å²) in [5.74, 6) is 0.532. The summed E-state index contributed by atoms with van der Waals surface area (Å²) in [4.78, 5) is 0. The lowest BCUT2D eigenvalue weighted by atomic mass is 9.85. The maximum Gasteiger partial charge on any atom is 0.0164 e. The second-order valence-electron chi connectivity index (χ2n) is 6.42. The SMILES string of the molecule is CCC1=Cc2c(ccc(C(C)C)c2-c2ccccc2CC)[CH]1. The second-order valence-corrected chi connectivity index (χ2v) is 6.42. The molecule has 113 valence electrons. The summed E-state index contributed by atoms with van der Waals surface area (Å²) < 4.78 is 0. The van der Waals surface area contributed by atoms with Gasteiger partial charge in [-0.05, 0) is 52.1 Å². The molecule has 0 heterocycles. The van der Waals surface area contributed by atoms with Crippen LogP contribution in [-0.2, 0) is 6.42 Å². The van der Waals surface area contributed by atoms with E-state index in [2.05, 4.69) is 76.6 Å². The Balaban J connectivity index is 2.29. The smallest absolute Gasteiger partial charge is 0.0164 e. The monoisotopic (exact) mass is 289 g/mol. The maximum atomic E-state index is 2.39. The van der Waals surface area contributed by atoms with Crippen LogP contribution in [0.4, 0.5) is 0 Å². The molecule has 1 aliphatic carbocycles. The molecule has 0 atom stereocenters. The van der Waals surface area contributed by atoms with Crippen LogP contribution in [0.15, 0.2) is 42.0 Å². The van der Waals surface area contributed by atoms with E-state index in [1.165, 1.54) is 39.0 Å². The first kappa shape index (κ1) is 15.1. The van der Waals surface area contributed by atoms with Crippen LogP contribution >= 0.6 is 0 Å². The molecule has 0 spiro atoms. The highest BCUT2D eigenvalue weighted by molar-refractivity contribution is 5.86. The summed E-state index contributed by atoms with van der Waals surface area (Å²) in [6, 6.07) is 13.5.